The summed E-state index contributed by atoms with van der Waals surface area (Å²) in [5.74, 6) is 0. The standard InChI is InChI=1S/C13H17N3O/c14-8-9-1-6-12(15)13(7-9)16-10-2-4-11(17)5-3-10/h1,6-7,10-11,16-17H,2-5,15H2. The topological polar surface area (TPSA) is 82.1 Å². The largest absolute Gasteiger partial charge is 0.397 e. The van der Waals surface area contributed by atoms with Crippen LogP contribution in [0, 0.1) is 11.3 Å². The maximum Gasteiger partial charge on any atom is 0.0992 e. The molecule has 90 valence electrons. The Morgan fingerprint density at radius 1 is 1.29 bits per heavy atom. The van der Waals surface area contributed by atoms with Crippen LogP contribution < -0.4 is 11.1 Å². The van der Waals surface area contributed by atoms with Crippen LogP contribution >= 0.6 is 0 Å². The molecule has 17 heavy (non-hydrogen) atoms. The summed E-state index contributed by atoms with van der Waals surface area (Å²) in [6.45, 7) is 0. The summed E-state index contributed by atoms with van der Waals surface area (Å²) in [6.07, 6.45) is 3.38. The lowest BCUT2D eigenvalue weighted by Crippen LogP contribution is -2.28. The number of benzene rings is 1. The SMILES string of the molecule is N#Cc1ccc(N)c(NC2CCC(O)CC2)c1. The van der Waals surface area contributed by atoms with Gasteiger partial charge in [-0.15, -0.1) is 0 Å². The molecule has 2 rings (SSSR count). The molecule has 4 nitrogen and oxygen atoms in total. The van der Waals surface area contributed by atoms with Gasteiger partial charge in [-0.25, -0.2) is 0 Å². The van der Waals surface area contributed by atoms with Crippen LogP contribution in [0.1, 0.15) is 31.2 Å². The average Bonchev–Trinajstić information content (AvgIpc) is 2.35. The second kappa shape index (κ2) is 5.07. The molecule has 0 spiro atoms. The number of aliphatic hydroxyl groups is 1. The molecule has 0 saturated heterocycles. The molecule has 1 aromatic carbocycles. The van der Waals surface area contributed by atoms with E-state index in [1.807, 2.05) is 0 Å². The molecule has 0 atom stereocenters. The minimum absolute atomic E-state index is 0.157. The quantitative estimate of drug-likeness (QED) is 0.678. The van der Waals surface area contributed by atoms with E-state index in [-0.39, 0.29) is 6.10 Å². The molecular weight excluding hydrogens is 214 g/mol. The number of hydrogen-bond acceptors (Lipinski definition) is 4. The van der Waals surface area contributed by atoms with Crippen molar-refractivity contribution in [2.24, 2.45) is 0 Å². The van der Waals surface area contributed by atoms with Gasteiger partial charge in [-0.3, -0.25) is 0 Å². The average molecular weight is 231 g/mol. The van der Waals surface area contributed by atoms with Crippen molar-refractivity contribution in [1.29, 1.82) is 5.26 Å². The first kappa shape index (κ1) is 11.7. The van der Waals surface area contributed by atoms with Gasteiger partial charge in [-0.2, -0.15) is 5.26 Å². The molecule has 0 unspecified atom stereocenters. The monoisotopic (exact) mass is 231 g/mol. The summed E-state index contributed by atoms with van der Waals surface area (Å²) in [6, 6.07) is 7.69. The van der Waals surface area contributed by atoms with Gasteiger partial charge in [-0.1, -0.05) is 0 Å². The maximum atomic E-state index is 9.43. The highest BCUT2D eigenvalue weighted by Crippen LogP contribution is 2.26. The summed E-state index contributed by atoms with van der Waals surface area (Å²) >= 11 is 0. The lowest BCUT2D eigenvalue weighted by atomic mass is 9.93. The Bertz CT molecular complexity index is 431. The highest BCUT2D eigenvalue weighted by molar-refractivity contribution is 5.68. The van der Waals surface area contributed by atoms with Crippen LogP contribution in [0.15, 0.2) is 18.2 Å². The van der Waals surface area contributed by atoms with Crippen molar-refractivity contribution in [3.63, 3.8) is 0 Å². The van der Waals surface area contributed by atoms with Crippen LogP contribution in [0.2, 0.25) is 0 Å². The Morgan fingerprint density at radius 2 is 2.00 bits per heavy atom. The molecule has 1 aromatic rings. The van der Waals surface area contributed by atoms with Gasteiger partial charge in [0, 0.05) is 6.04 Å². The van der Waals surface area contributed by atoms with E-state index in [2.05, 4.69) is 11.4 Å². The number of anilines is 2. The fraction of sp³-hybridized carbons (Fsp3) is 0.462. The van der Waals surface area contributed by atoms with Crippen molar-refractivity contribution in [2.45, 2.75) is 37.8 Å². The molecule has 1 aliphatic rings. The smallest absolute Gasteiger partial charge is 0.0992 e. The van der Waals surface area contributed by atoms with Crippen LogP contribution in [0.25, 0.3) is 0 Å². The molecule has 0 heterocycles. The third-order valence-corrected chi connectivity index (χ3v) is 3.24. The van der Waals surface area contributed by atoms with Crippen LogP contribution in [-0.2, 0) is 0 Å². The summed E-state index contributed by atoms with van der Waals surface area (Å²) in [5.41, 5.74) is 7.96. The van der Waals surface area contributed by atoms with Crippen molar-refractivity contribution in [3.8, 4) is 6.07 Å². The van der Waals surface area contributed by atoms with E-state index in [1.54, 1.807) is 18.2 Å². The van der Waals surface area contributed by atoms with Gasteiger partial charge in [0.05, 0.1) is 29.1 Å². The predicted octanol–water partition coefficient (Wildman–Crippen LogP) is 1.86. The molecule has 0 aromatic heterocycles. The summed E-state index contributed by atoms with van der Waals surface area (Å²) in [7, 11) is 0. The van der Waals surface area contributed by atoms with E-state index in [4.69, 9.17) is 11.0 Å². The van der Waals surface area contributed by atoms with Crippen molar-refractivity contribution >= 4 is 11.4 Å². The van der Waals surface area contributed by atoms with Crippen LogP contribution in [0.3, 0.4) is 0 Å². The van der Waals surface area contributed by atoms with Crippen molar-refractivity contribution < 1.29 is 5.11 Å². The molecule has 0 bridgehead atoms. The highest BCUT2D eigenvalue weighted by atomic mass is 16.3. The number of nitrogen functional groups attached to an aromatic ring is 1. The Balaban J connectivity index is 2.05. The molecule has 1 aliphatic carbocycles. The minimum Gasteiger partial charge on any atom is -0.397 e. The third-order valence-electron chi connectivity index (χ3n) is 3.24. The Hall–Kier alpha value is -1.73. The van der Waals surface area contributed by atoms with Crippen molar-refractivity contribution in [3.05, 3.63) is 23.8 Å². The number of nitrogens with two attached hydrogens (primary N) is 1. The Morgan fingerprint density at radius 3 is 2.65 bits per heavy atom. The van der Waals surface area contributed by atoms with Crippen LogP contribution in [0.4, 0.5) is 11.4 Å². The zero-order valence-electron chi connectivity index (χ0n) is 9.69. The zero-order valence-corrected chi connectivity index (χ0v) is 9.69. The first-order valence-corrected chi connectivity index (χ1v) is 5.93. The normalized spacial score (nSPS) is 24.0. The summed E-state index contributed by atoms with van der Waals surface area (Å²) in [4.78, 5) is 0. The lowest BCUT2D eigenvalue weighted by molar-refractivity contribution is 0.126. The second-order valence-corrected chi connectivity index (χ2v) is 4.56. The number of nitrogens with zero attached hydrogens (tertiary/aromatic N) is 1. The van der Waals surface area contributed by atoms with Gasteiger partial charge in [0.2, 0.25) is 0 Å². The minimum atomic E-state index is -0.157. The number of nitrogens with one attached hydrogen (secondary N) is 1. The van der Waals surface area contributed by atoms with E-state index in [9.17, 15) is 5.11 Å². The Labute approximate surface area is 101 Å². The van der Waals surface area contributed by atoms with Crippen LogP contribution in [-0.4, -0.2) is 17.3 Å². The van der Waals surface area contributed by atoms with Gasteiger partial charge in [0.25, 0.3) is 0 Å². The number of aliphatic hydroxyl groups excluding tert-OH is 1. The van der Waals surface area contributed by atoms with Gasteiger partial charge in [0.15, 0.2) is 0 Å². The number of nitriles is 1. The number of hydrogen-bond donors (Lipinski definition) is 3. The summed E-state index contributed by atoms with van der Waals surface area (Å²) < 4.78 is 0. The highest BCUT2D eigenvalue weighted by Gasteiger charge is 2.19. The van der Waals surface area contributed by atoms with Gasteiger partial charge < -0.3 is 16.2 Å². The molecule has 1 fully saturated rings. The van der Waals surface area contributed by atoms with E-state index in [0.717, 1.165) is 31.4 Å². The van der Waals surface area contributed by atoms with E-state index >= 15 is 0 Å². The molecule has 4 heteroatoms. The van der Waals surface area contributed by atoms with Gasteiger partial charge in [0.1, 0.15) is 0 Å². The maximum absolute atomic E-state index is 9.43. The second-order valence-electron chi connectivity index (χ2n) is 4.56. The molecule has 0 aliphatic heterocycles. The first-order valence-electron chi connectivity index (χ1n) is 5.93. The zero-order chi connectivity index (χ0) is 12.3. The predicted molar refractivity (Wildman–Crippen MR) is 67.5 cm³/mol. The van der Waals surface area contributed by atoms with E-state index in [0.29, 0.717) is 17.3 Å². The van der Waals surface area contributed by atoms with Crippen molar-refractivity contribution in [1.82, 2.24) is 0 Å². The third kappa shape index (κ3) is 2.89. The molecule has 4 N–H and O–H groups in total. The number of rotatable bonds is 2. The molecular formula is C13H17N3O. The van der Waals surface area contributed by atoms with Gasteiger partial charge in [-0.05, 0) is 43.9 Å². The fourth-order valence-electron chi connectivity index (χ4n) is 2.19. The van der Waals surface area contributed by atoms with E-state index in [1.165, 1.54) is 0 Å². The summed E-state index contributed by atoms with van der Waals surface area (Å²) in [5, 5.41) is 21.6. The van der Waals surface area contributed by atoms with Crippen molar-refractivity contribution in [2.75, 3.05) is 11.1 Å². The fourth-order valence-corrected chi connectivity index (χ4v) is 2.19. The molecule has 0 radical (unpaired) electrons. The molecule has 1 saturated carbocycles. The van der Waals surface area contributed by atoms with E-state index < -0.39 is 0 Å². The lowest BCUT2D eigenvalue weighted by Gasteiger charge is -2.27. The Kier molecular flexibility index (Phi) is 3.50. The van der Waals surface area contributed by atoms with Crippen LogP contribution in [0.5, 0.6) is 0 Å². The first-order chi connectivity index (χ1) is 8.19. The van der Waals surface area contributed by atoms with Gasteiger partial charge >= 0.3 is 0 Å². The molecule has 0 amide bonds.